The van der Waals surface area contributed by atoms with Gasteiger partial charge in [-0.05, 0) is 160 Å². The molecule has 0 bridgehead atoms. The van der Waals surface area contributed by atoms with Gasteiger partial charge in [-0.2, -0.15) is 21.0 Å². The number of phenolic OH excluding ortho intramolecular Hbond substituents is 1. The van der Waals surface area contributed by atoms with Crippen molar-refractivity contribution in [3.8, 4) is 64.9 Å². The van der Waals surface area contributed by atoms with Crippen LogP contribution < -0.4 is 35.9 Å². The third-order valence-corrected chi connectivity index (χ3v) is 13.5. The van der Waals surface area contributed by atoms with Gasteiger partial charge in [-0.25, -0.2) is 39.7 Å². The summed E-state index contributed by atoms with van der Waals surface area (Å²) in [5.41, 5.74) is 14.2. The van der Waals surface area contributed by atoms with Crippen LogP contribution in [0, 0.1) is 50.7 Å². The molecule has 2 amide bonds. The van der Waals surface area contributed by atoms with Gasteiger partial charge in [0.15, 0.2) is 5.82 Å². The van der Waals surface area contributed by atoms with Crippen molar-refractivity contribution in [2.24, 2.45) is 11.1 Å². The number of nitrogens with one attached hydrogen (secondary N) is 3. The first kappa shape index (κ1) is 73.5. The number of ether oxygens (including phenoxy) is 4. The van der Waals surface area contributed by atoms with Crippen molar-refractivity contribution in [3.05, 3.63) is 232 Å². The van der Waals surface area contributed by atoms with Crippen LogP contribution in [0.25, 0.3) is 10.3 Å². The second kappa shape index (κ2) is 38.4. The number of phenols is 1. The number of thiazole rings is 1. The molecule has 24 heteroatoms. The summed E-state index contributed by atoms with van der Waals surface area (Å²) in [6.45, 7) is 14.1. The number of halogens is 1. The highest BCUT2D eigenvalue weighted by Gasteiger charge is 2.17. The first-order valence-corrected chi connectivity index (χ1v) is 31.3. The zero-order valence-electron chi connectivity index (χ0n) is 53.9. The summed E-state index contributed by atoms with van der Waals surface area (Å²) in [5.74, 6) is 4.31. The largest absolute Gasteiger partial charge is 0.508 e. The summed E-state index contributed by atoms with van der Waals surface area (Å²) >= 11 is 6.96. The Morgan fingerprint density at radius 3 is 1.36 bits per heavy atom. The Labute approximate surface area is 567 Å². The average Bonchev–Trinajstić information content (AvgIpc) is 1.76. The summed E-state index contributed by atoms with van der Waals surface area (Å²) in [5, 5.41) is 53.3. The average molecular weight is 1330 g/mol. The Balaban J connectivity index is 0.000000197. The summed E-state index contributed by atoms with van der Waals surface area (Å²) in [4.78, 5) is 52.7. The van der Waals surface area contributed by atoms with Crippen LogP contribution in [0.3, 0.4) is 0 Å². The van der Waals surface area contributed by atoms with E-state index in [-0.39, 0.29) is 17.1 Å². The lowest BCUT2D eigenvalue weighted by Gasteiger charge is -2.19. The van der Waals surface area contributed by atoms with Crippen molar-refractivity contribution < 1.29 is 33.6 Å². The lowest BCUT2D eigenvalue weighted by atomic mass is 9.92. The molecule has 4 aromatic carbocycles. The number of nitriles is 4. The number of rotatable bonds is 19. The van der Waals surface area contributed by atoms with Crippen LogP contribution >= 0.6 is 22.9 Å². The van der Waals surface area contributed by atoms with Crippen LogP contribution in [0.4, 0.5) is 10.6 Å². The molecule has 96 heavy (non-hydrogen) atoms. The molecular formula is C72H72ClN15O7S. The quantitative estimate of drug-likeness (QED) is 0.0470. The van der Waals surface area contributed by atoms with Crippen LogP contribution in [0.15, 0.2) is 182 Å². The van der Waals surface area contributed by atoms with E-state index in [1.807, 2.05) is 145 Å². The minimum absolute atomic E-state index is 0.0304. The second-order valence-corrected chi connectivity index (χ2v) is 24.0. The molecule has 6 heterocycles. The lowest BCUT2D eigenvalue weighted by molar-refractivity contribution is -0.122. The molecule has 0 saturated carbocycles. The molecule has 10 aromatic rings. The Hall–Kier alpha value is -11.6. The normalized spacial score (nSPS) is 10.3. The van der Waals surface area contributed by atoms with Gasteiger partial charge in [0, 0.05) is 69.0 Å². The molecule has 10 rings (SSSR count). The van der Waals surface area contributed by atoms with Crippen molar-refractivity contribution in [3.63, 3.8) is 0 Å². The number of aromatic nitrogens is 7. The number of pyridine rings is 4. The topological polar surface area (TPSA) is 339 Å². The Morgan fingerprint density at radius 1 is 0.531 bits per heavy atom. The number of hydrogen-bond acceptors (Lipinski definition) is 21. The SMILES string of the molecule is CC(C)(C)CC(=O)NCCc1ccc(O)cc1.CC(C)(C)OC(=O)NCCc1ccc(Oc2cc(C#N)ccn2)cc1.N#Cc1ccnc(Cl)c1.N#Cc1ccnc(Oc2ccc(CCN)cc2)c1.N#Cc1ccnc(Oc2ccc(CCNc3ncnc4scnc34)cc2)c1. The molecule has 6 aromatic heterocycles. The zero-order valence-corrected chi connectivity index (χ0v) is 55.4. The van der Waals surface area contributed by atoms with Gasteiger partial charge in [0.2, 0.25) is 23.5 Å². The molecule has 0 saturated heterocycles. The van der Waals surface area contributed by atoms with E-state index in [1.54, 1.807) is 78.8 Å². The molecule has 0 fully saturated rings. The van der Waals surface area contributed by atoms with Gasteiger partial charge in [0.1, 0.15) is 50.4 Å². The number of carbonyl (C=O) groups excluding carboxylic acids is 2. The van der Waals surface area contributed by atoms with Crippen molar-refractivity contribution in [2.45, 2.75) is 79.2 Å². The Morgan fingerprint density at radius 2 is 0.948 bits per heavy atom. The summed E-state index contributed by atoms with van der Waals surface area (Å²) in [7, 11) is 0. The molecule has 490 valence electrons. The number of amides is 2. The maximum atomic E-state index is 11.6. The highest BCUT2D eigenvalue weighted by atomic mass is 35.5. The molecular weight excluding hydrogens is 1250 g/mol. The van der Waals surface area contributed by atoms with Crippen LogP contribution in [0.2, 0.25) is 5.15 Å². The Bertz CT molecular complexity index is 4250. The van der Waals surface area contributed by atoms with E-state index in [2.05, 4.69) is 56.9 Å². The van der Waals surface area contributed by atoms with E-state index in [1.165, 1.54) is 35.4 Å². The number of nitrogens with two attached hydrogens (primary N) is 1. The van der Waals surface area contributed by atoms with E-state index in [0.29, 0.717) is 94.8 Å². The zero-order chi connectivity index (χ0) is 69.1. The van der Waals surface area contributed by atoms with Gasteiger partial charge in [-0.1, -0.05) is 80.9 Å². The second-order valence-electron chi connectivity index (χ2n) is 22.8. The van der Waals surface area contributed by atoms with Gasteiger partial charge in [0.25, 0.3) is 0 Å². The summed E-state index contributed by atoms with van der Waals surface area (Å²) < 4.78 is 22.0. The van der Waals surface area contributed by atoms with Gasteiger partial charge >= 0.3 is 6.09 Å². The molecule has 0 aliphatic heterocycles. The van der Waals surface area contributed by atoms with Gasteiger partial charge in [-0.3, -0.25) is 4.79 Å². The molecule has 0 aliphatic carbocycles. The van der Waals surface area contributed by atoms with Crippen LogP contribution in [-0.2, 0) is 35.2 Å². The number of hydrogen-bond donors (Lipinski definition) is 5. The first-order chi connectivity index (χ1) is 46.2. The van der Waals surface area contributed by atoms with Crippen LogP contribution in [0.1, 0.15) is 92.5 Å². The lowest BCUT2D eigenvalue weighted by Crippen LogP contribution is -2.33. The number of nitrogens with zero attached hydrogens (tertiary/aromatic N) is 11. The summed E-state index contributed by atoms with van der Waals surface area (Å²) in [6, 6.07) is 50.9. The monoisotopic (exact) mass is 1330 g/mol. The number of aromatic hydroxyl groups is 1. The number of carbonyl (C=O) groups is 2. The molecule has 22 nitrogen and oxygen atoms in total. The number of anilines is 1. The molecule has 0 unspecified atom stereocenters. The number of alkyl carbamates (subject to hydrolysis) is 1. The van der Waals surface area contributed by atoms with Crippen molar-refractivity contribution in [2.75, 3.05) is 31.5 Å². The fourth-order valence-electron chi connectivity index (χ4n) is 8.10. The van der Waals surface area contributed by atoms with E-state index < -0.39 is 11.7 Å². The third-order valence-electron chi connectivity index (χ3n) is 12.6. The molecule has 6 N–H and O–H groups in total. The van der Waals surface area contributed by atoms with Crippen molar-refractivity contribution in [1.29, 1.82) is 21.0 Å². The van der Waals surface area contributed by atoms with Gasteiger partial charge in [-0.15, -0.1) is 11.3 Å². The van der Waals surface area contributed by atoms with Crippen molar-refractivity contribution >= 4 is 51.1 Å². The predicted molar refractivity (Wildman–Crippen MR) is 367 cm³/mol. The van der Waals surface area contributed by atoms with Gasteiger partial charge in [0.05, 0.1) is 52.0 Å². The van der Waals surface area contributed by atoms with E-state index in [4.69, 9.17) is 62.4 Å². The van der Waals surface area contributed by atoms with E-state index >= 15 is 0 Å². The molecule has 0 atom stereocenters. The van der Waals surface area contributed by atoms with Gasteiger partial charge < -0.3 is 45.7 Å². The van der Waals surface area contributed by atoms with Crippen LogP contribution in [-0.4, -0.2) is 83.8 Å². The maximum Gasteiger partial charge on any atom is 0.407 e. The molecule has 0 spiro atoms. The maximum absolute atomic E-state index is 11.6. The van der Waals surface area contributed by atoms with E-state index in [9.17, 15) is 9.59 Å². The highest BCUT2D eigenvalue weighted by molar-refractivity contribution is 7.16. The highest BCUT2D eigenvalue weighted by Crippen LogP contribution is 2.25. The molecule has 0 aliphatic rings. The first-order valence-electron chi connectivity index (χ1n) is 30.1. The van der Waals surface area contributed by atoms with E-state index in [0.717, 1.165) is 58.7 Å². The predicted octanol–water partition coefficient (Wildman–Crippen LogP) is 14.0. The third kappa shape index (κ3) is 28.1. The standard InChI is InChI=1S/C19H14N6OS.C19H21N3O3.C14H13N3O.C14H21NO2.C6H3ClN2/c20-10-14-6-7-21-16(9-14)26-15-3-1-13(2-4-15)5-8-22-18-17-19(24-11-23-18)27-12-25-17;1-19(2,3)25-18(23)22-11-8-14-4-6-16(7-5-14)24-17-12-15(13-20)9-10-21-17;15-7-5-11-1-3-13(4-2-11)18-14-9-12(10-16)6-8-17-14;1-14(2,3)10-13(17)15-9-8-11-4-6-12(16)7-5-11;7-6-3-5(4-8)1-2-9-6/h1-4,6-7,9,11-12H,5,8H2,(H,22,23,24);4-7,9-10,12H,8,11H2,1-3H3,(H,22,23);1-4,6,8-9H,5,7,15H2;4-7,16H,8-10H2,1-3H3,(H,15,17);1-3H. The minimum atomic E-state index is -0.500. The fraction of sp³-hybridized carbons (Fsp3) is 0.236. The minimum Gasteiger partial charge on any atom is -0.508 e. The number of fused-ring (bicyclic) bond motifs is 1. The molecule has 0 radical (unpaired) electrons. The Kier molecular flexibility index (Phi) is 29.4. The van der Waals surface area contributed by atoms with Crippen molar-refractivity contribution in [1.82, 2.24) is 45.5 Å². The fourth-order valence-corrected chi connectivity index (χ4v) is 8.90. The summed E-state index contributed by atoms with van der Waals surface area (Å²) in [6.07, 6.45) is 11.0. The number of benzene rings is 4. The van der Waals surface area contributed by atoms with Crippen LogP contribution in [0.5, 0.6) is 40.6 Å². The smallest absolute Gasteiger partial charge is 0.407 e.